The van der Waals surface area contributed by atoms with Crippen molar-refractivity contribution in [3.63, 3.8) is 0 Å². The number of piperidine rings is 1. The molecule has 3 heterocycles. The van der Waals surface area contributed by atoms with Crippen molar-refractivity contribution in [3.8, 4) is 0 Å². The quantitative estimate of drug-likeness (QED) is 0.352. The lowest BCUT2D eigenvalue weighted by molar-refractivity contribution is -0.939. The van der Waals surface area contributed by atoms with Gasteiger partial charge in [-0.2, -0.15) is 0 Å². The van der Waals surface area contributed by atoms with Crippen LogP contribution in [0.1, 0.15) is 44.1 Å². The molecular weight excluding hydrogens is 451 g/mol. The molecule has 2 bridgehead atoms. The topological polar surface area (TPSA) is 38.3 Å². The lowest BCUT2D eigenvalue weighted by atomic mass is 9.38. The number of para-hydroxylation sites is 1. The molecule has 5 fully saturated rings. The van der Waals surface area contributed by atoms with Crippen LogP contribution in [0.15, 0.2) is 24.3 Å². The van der Waals surface area contributed by atoms with Gasteiger partial charge in [-0.25, -0.2) is 0 Å². The van der Waals surface area contributed by atoms with E-state index in [1.807, 2.05) is 0 Å². The molecule has 6 aliphatic rings. The Hall–Kier alpha value is -0.820. The third-order valence-corrected chi connectivity index (χ3v) is 9.30. The molecule has 6 atom stereocenters. The minimum atomic E-state index is -0.149. The van der Waals surface area contributed by atoms with Crippen molar-refractivity contribution in [2.24, 2.45) is 11.3 Å². The Balaban J connectivity index is 0.00000160. The van der Waals surface area contributed by atoms with Gasteiger partial charge in [-0.3, -0.25) is 4.79 Å². The van der Waals surface area contributed by atoms with E-state index in [4.69, 9.17) is 4.74 Å². The maximum atomic E-state index is 13.0. The summed E-state index contributed by atoms with van der Waals surface area (Å²) in [5.41, 5.74) is 3.02. The van der Waals surface area contributed by atoms with Gasteiger partial charge in [0.2, 0.25) is 0 Å². The first kappa shape index (κ1) is 18.2. The van der Waals surface area contributed by atoms with Gasteiger partial charge in [0.05, 0.1) is 44.1 Å². The number of nitrogens with zero attached hydrogens (tertiary/aromatic N) is 1. The van der Waals surface area contributed by atoms with Gasteiger partial charge in [0.25, 0.3) is 0 Å². The summed E-state index contributed by atoms with van der Waals surface area (Å²) < 4.78 is 6.58. The summed E-state index contributed by atoms with van der Waals surface area (Å²) in [6, 6.07) is 9.56. The average molecular weight is 480 g/mol. The van der Waals surface area contributed by atoms with E-state index in [2.05, 4.69) is 36.6 Å². The number of halogens is 1. The fourth-order valence-corrected chi connectivity index (χ4v) is 8.79. The summed E-state index contributed by atoms with van der Waals surface area (Å²) in [6.45, 7) is 2.55. The molecule has 0 radical (unpaired) electrons. The Morgan fingerprint density at radius 1 is 1.19 bits per heavy atom. The summed E-state index contributed by atoms with van der Waals surface area (Å²) in [4.78, 5) is 13.0. The number of carbonyl (C=O) groups is 1. The number of hydrogen-bond donors (Lipinski definition) is 1. The van der Waals surface area contributed by atoms with E-state index in [-0.39, 0.29) is 46.8 Å². The molecule has 1 unspecified atom stereocenters. The molecular formula is C22H29IN2O2. The first-order valence-corrected chi connectivity index (χ1v) is 10.3. The number of hydrogen-bond acceptors (Lipinski definition) is 3. The number of ether oxygens (including phenoxy) is 1. The van der Waals surface area contributed by atoms with Crippen molar-refractivity contribution in [2.75, 3.05) is 32.6 Å². The number of esters is 1. The van der Waals surface area contributed by atoms with Crippen molar-refractivity contribution in [3.05, 3.63) is 29.8 Å². The summed E-state index contributed by atoms with van der Waals surface area (Å²) in [7, 11) is 4.07. The number of likely N-dealkylation sites (N-methyl/N-ethyl adjacent to an activating group) is 1. The molecule has 1 aromatic carbocycles. The molecule has 1 aromatic rings. The zero-order valence-corrected chi connectivity index (χ0v) is 18.4. The third kappa shape index (κ3) is 1.78. The number of anilines is 1. The van der Waals surface area contributed by atoms with E-state index >= 15 is 0 Å². The van der Waals surface area contributed by atoms with Gasteiger partial charge < -0.3 is 38.5 Å². The number of nitrogens with one attached hydrogen (secondary N) is 1. The number of fused-ring (bicyclic) bond motifs is 3. The number of benzene rings is 1. The highest BCUT2D eigenvalue weighted by molar-refractivity contribution is 5.80. The van der Waals surface area contributed by atoms with Crippen LogP contribution in [0.3, 0.4) is 0 Å². The molecule has 0 aromatic heterocycles. The van der Waals surface area contributed by atoms with Crippen LogP contribution in [-0.2, 0) is 14.9 Å². The normalized spacial score (nSPS) is 47.9. The van der Waals surface area contributed by atoms with Crippen LogP contribution in [0, 0.1) is 11.3 Å². The van der Waals surface area contributed by atoms with E-state index in [0.717, 1.165) is 12.8 Å². The minimum absolute atomic E-state index is 0. The largest absolute Gasteiger partial charge is 1.00 e. The Bertz CT molecular complexity index is 830. The molecule has 27 heavy (non-hydrogen) atoms. The molecule has 146 valence electrons. The fourth-order valence-electron chi connectivity index (χ4n) is 8.79. The Morgan fingerprint density at radius 2 is 2.00 bits per heavy atom. The standard InChI is InChI=1S/C22H29N2O2.HI/c1-24-12-5-8-20-9-10-22(16(14-20)18(25)26-2)21(11-13-24,19(20)24)15-6-3-4-7-17(15)23-22;/h3-4,6-7,16,19,23H,5,8-14H2,1-2H3;1H/q+1;/p-1/t16-,19+,20+,21+,22+,24?;/m0./s1. The van der Waals surface area contributed by atoms with Crippen LogP contribution < -0.4 is 29.3 Å². The van der Waals surface area contributed by atoms with E-state index in [9.17, 15) is 4.79 Å². The number of methoxy groups -OCH3 is 1. The van der Waals surface area contributed by atoms with Crippen LogP contribution in [0.4, 0.5) is 5.69 Å². The second-order valence-corrected chi connectivity index (χ2v) is 9.94. The predicted octanol–water partition coefficient (Wildman–Crippen LogP) is 0.0785. The molecule has 3 aliphatic heterocycles. The fraction of sp³-hybridized carbons (Fsp3) is 0.682. The van der Waals surface area contributed by atoms with Gasteiger partial charge >= 0.3 is 5.97 Å². The minimum Gasteiger partial charge on any atom is -1.00 e. The van der Waals surface area contributed by atoms with Crippen molar-refractivity contribution in [2.45, 2.75) is 55.5 Å². The SMILES string of the molecule is COC(=O)[C@@H]1C[C@@]23CCC[N+]4(C)CC[C@@]5(c6ccccc6N[C@]15CC2)[C@@H]34.[I-]. The lowest BCUT2D eigenvalue weighted by Crippen LogP contribution is -3.00. The zero-order valence-electron chi connectivity index (χ0n) is 16.3. The Morgan fingerprint density at radius 3 is 2.81 bits per heavy atom. The summed E-state index contributed by atoms with van der Waals surface area (Å²) in [6.07, 6.45) is 7.19. The van der Waals surface area contributed by atoms with Gasteiger partial charge in [0.1, 0.15) is 6.04 Å². The Kier molecular flexibility index (Phi) is 3.65. The van der Waals surface area contributed by atoms with Crippen molar-refractivity contribution in [1.29, 1.82) is 0 Å². The highest BCUT2D eigenvalue weighted by atomic mass is 127. The molecule has 2 saturated heterocycles. The maximum Gasteiger partial charge on any atom is 0.311 e. The molecule has 7 rings (SSSR count). The zero-order chi connectivity index (χ0) is 17.8. The Labute approximate surface area is 178 Å². The van der Waals surface area contributed by atoms with E-state index in [0.29, 0.717) is 11.5 Å². The molecule has 1 N–H and O–H groups in total. The first-order valence-electron chi connectivity index (χ1n) is 10.3. The van der Waals surface area contributed by atoms with Gasteiger partial charge in [-0.05, 0) is 43.7 Å². The van der Waals surface area contributed by atoms with Crippen molar-refractivity contribution >= 4 is 11.7 Å². The van der Waals surface area contributed by atoms with E-state index in [1.165, 1.54) is 54.5 Å². The molecule has 3 aliphatic carbocycles. The van der Waals surface area contributed by atoms with Gasteiger partial charge in [0.15, 0.2) is 0 Å². The van der Waals surface area contributed by atoms with Crippen molar-refractivity contribution < 1.29 is 38.0 Å². The van der Waals surface area contributed by atoms with Crippen molar-refractivity contribution in [1.82, 2.24) is 0 Å². The van der Waals surface area contributed by atoms with Gasteiger partial charge in [-0.15, -0.1) is 0 Å². The molecule has 3 spiro atoms. The van der Waals surface area contributed by atoms with Crippen LogP contribution in [0.5, 0.6) is 0 Å². The molecule has 4 nitrogen and oxygen atoms in total. The van der Waals surface area contributed by atoms with E-state index in [1.54, 1.807) is 7.11 Å². The highest BCUT2D eigenvalue weighted by Gasteiger charge is 2.83. The van der Waals surface area contributed by atoms with E-state index < -0.39 is 0 Å². The van der Waals surface area contributed by atoms with Crippen LogP contribution >= 0.6 is 0 Å². The second-order valence-electron chi connectivity index (χ2n) is 9.94. The summed E-state index contributed by atoms with van der Waals surface area (Å²) in [5, 5.41) is 3.96. The molecule has 0 amide bonds. The predicted molar refractivity (Wildman–Crippen MR) is 99.8 cm³/mol. The third-order valence-electron chi connectivity index (χ3n) is 9.30. The van der Waals surface area contributed by atoms with Crippen LogP contribution in [0.25, 0.3) is 0 Å². The maximum absolute atomic E-state index is 13.0. The molecule has 3 saturated carbocycles. The molecule has 5 heteroatoms. The number of quaternary nitrogens is 1. The monoisotopic (exact) mass is 480 g/mol. The smallest absolute Gasteiger partial charge is 0.311 e. The summed E-state index contributed by atoms with van der Waals surface area (Å²) >= 11 is 0. The summed E-state index contributed by atoms with van der Waals surface area (Å²) in [5.74, 6) is -0.0107. The van der Waals surface area contributed by atoms with Crippen LogP contribution in [-0.4, -0.2) is 49.3 Å². The van der Waals surface area contributed by atoms with Gasteiger partial charge in [-0.1, -0.05) is 18.2 Å². The average Bonchev–Trinajstić information content (AvgIpc) is 3.15. The first-order chi connectivity index (χ1) is 12.5. The second kappa shape index (κ2) is 5.41. The highest BCUT2D eigenvalue weighted by Crippen LogP contribution is 2.75. The van der Waals surface area contributed by atoms with Crippen LogP contribution in [0.2, 0.25) is 0 Å². The lowest BCUT2D eigenvalue weighted by Gasteiger charge is -2.68. The number of rotatable bonds is 1. The number of carbonyl (C=O) groups excluding carboxylic acids is 1. The van der Waals surface area contributed by atoms with Gasteiger partial charge in [0, 0.05) is 17.5 Å².